The topological polar surface area (TPSA) is 53.0 Å². The van der Waals surface area contributed by atoms with Crippen LogP contribution in [0.5, 0.6) is 0 Å². The molecule has 78 valence electrons. The third kappa shape index (κ3) is 2.14. The van der Waals surface area contributed by atoms with Gasteiger partial charge in [-0.25, -0.2) is 0 Å². The van der Waals surface area contributed by atoms with E-state index in [9.17, 15) is 0 Å². The summed E-state index contributed by atoms with van der Waals surface area (Å²) in [6.07, 6.45) is 1.00. The van der Waals surface area contributed by atoms with Crippen LogP contribution in [0.1, 0.15) is 12.0 Å². The minimum atomic E-state index is 0.236. The lowest BCUT2D eigenvalue weighted by molar-refractivity contribution is 0.752. The molecule has 1 aliphatic rings. The van der Waals surface area contributed by atoms with Gasteiger partial charge in [0.25, 0.3) is 0 Å². The molecule has 1 aliphatic heterocycles. The highest BCUT2D eigenvalue weighted by Crippen LogP contribution is 2.26. The van der Waals surface area contributed by atoms with Crippen molar-refractivity contribution < 1.29 is 0 Å². The Hall–Kier alpha value is -1.05. The standard InChI is InChI=1S/C11H12BrN3/c12-9-1-2-11(8(5-9)6-13)15-4-3-10(14)7-15/h1-2,5,10H,3-4,7,14H2. The minimum absolute atomic E-state index is 0.236. The molecule has 1 aromatic carbocycles. The van der Waals surface area contributed by atoms with Gasteiger partial charge in [0.1, 0.15) is 6.07 Å². The van der Waals surface area contributed by atoms with Crippen molar-refractivity contribution >= 4 is 21.6 Å². The lowest BCUT2D eigenvalue weighted by atomic mass is 10.2. The van der Waals surface area contributed by atoms with Gasteiger partial charge in [0, 0.05) is 23.6 Å². The number of anilines is 1. The maximum atomic E-state index is 9.04. The van der Waals surface area contributed by atoms with E-state index in [0.717, 1.165) is 29.7 Å². The molecule has 4 heteroatoms. The van der Waals surface area contributed by atoms with Gasteiger partial charge >= 0.3 is 0 Å². The Labute approximate surface area is 97.6 Å². The number of benzene rings is 1. The Balaban J connectivity index is 2.32. The zero-order chi connectivity index (χ0) is 10.8. The fourth-order valence-corrected chi connectivity index (χ4v) is 2.24. The summed E-state index contributed by atoms with van der Waals surface area (Å²) in [4.78, 5) is 2.18. The molecule has 0 spiro atoms. The van der Waals surface area contributed by atoms with Gasteiger partial charge in [-0.05, 0) is 24.6 Å². The first-order valence-corrected chi connectivity index (χ1v) is 5.70. The first kappa shape index (κ1) is 10.5. The summed E-state index contributed by atoms with van der Waals surface area (Å²) in [5, 5.41) is 9.04. The lowest BCUT2D eigenvalue weighted by Gasteiger charge is -2.19. The van der Waals surface area contributed by atoms with Crippen LogP contribution in [0.15, 0.2) is 22.7 Å². The zero-order valence-corrected chi connectivity index (χ0v) is 9.87. The Kier molecular flexibility index (Phi) is 2.94. The smallest absolute Gasteiger partial charge is 0.101 e. The van der Waals surface area contributed by atoms with Crippen molar-refractivity contribution in [1.29, 1.82) is 5.26 Å². The van der Waals surface area contributed by atoms with Crippen LogP contribution in [-0.2, 0) is 0 Å². The summed E-state index contributed by atoms with van der Waals surface area (Å²) >= 11 is 3.36. The summed E-state index contributed by atoms with van der Waals surface area (Å²) in [6, 6.07) is 8.23. The number of nitrogens with zero attached hydrogens (tertiary/aromatic N) is 2. The van der Waals surface area contributed by atoms with Gasteiger partial charge in [-0.15, -0.1) is 0 Å². The Morgan fingerprint density at radius 3 is 2.93 bits per heavy atom. The quantitative estimate of drug-likeness (QED) is 0.844. The number of halogens is 1. The van der Waals surface area contributed by atoms with Gasteiger partial charge in [0.2, 0.25) is 0 Å². The highest BCUT2D eigenvalue weighted by Gasteiger charge is 2.21. The van der Waals surface area contributed by atoms with Crippen LogP contribution in [0, 0.1) is 11.3 Å². The summed E-state index contributed by atoms with van der Waals surface area (Å²) in [5.41, 5.74) is 7.55. The van der Waals surface area contributed by atoms with Crippen LogP contribution in [0.2, 0.25) is 0 Å². The van der Waals surface area contributed by atoms with E-state index in [1.54, 1.807) is 0 Å². The Morgan fingerprint density at radius 1 is 1.53 bits per heavy atom. The van der Waals surface area contributed by atoms with E-state index in [2.05, 4.69) is 26.9 Å². The number of nitrogens with two attached hydrogens (primary N) is 1. The first-order valence-electron chi connectivity index (χ1n) is 4.91. The summed E-state index contributed by atoms with van der Waals surface area (Å²) in [5.74, 6) is 0. The van der Waals surface area contributed by atoms with E-state index in [1.807, 2.05) is 18.2 Å². The molecule has 1 atom stereocenters. The zero-order valence-electron chi connectivity index (χ0n) is 8.28. The maximum Gasteiger partial charge on any atom is 0.101 e. The van der Waals surface area contributed by atoms with Crippen molar-refractivity contribution in [1.82, 2.24) is 0 Å². The Bertz CT molecular complexity index is 411. The van der Waals surface area contributed by atoms with E-state index in [1.165, 1.54) is 0 Å². The largest absolute Gasteiger partial charge is 0.369 e. The van der Waals surface area contributed by atoms with E-state index in [0.29, 0.717) is 5.56 Å². The molecule has 0 aromatic heterocycles. The molecule has 1 aromatic rings. The van der Waals surface area contributed by atoms with Gasteiger partial charge in [-0.2, -0.15) is 5.26 Å². The molecule has 15 heavy (non-hydrogen) atoms. The Morgan fingerprint density at radius 2 is 2.33 bits per heavy atom. The van der Waals surface area contributed by atoms with Gasteiger partial charge in [-0.3, -0.25) is 0 Å². The van der Waals surface area contributed by atoms with Gasteiger partial charge in [0.05, 0.1) is 11.3 Å². The highest BCUT2D eigenvalue weighted by molar-refractivity contribution is 9.10. The molecule has 0 aliphatic carbocycles. The van der Waals surface area contributed by atoms with Crippen LogP contribution in [0.25, 0.3) is 0 Å². The molecule has 0 amide bonds. The molecule has 1 unspecified atom stereocenters. The van der Waals surface area contributed by atoms with E-state index in [-0.39, 0.29) is 6.04 Å². The summed E-state index contributed by atoms with van der Waals surface area (Å²) < 4.78 is 0.936. The molecule has 1 fully saturated rings. The van der Waals surface area contributed by atoms with E-state index in [4.69, 9.17) is 11.0 Å². The van der Waals surface area contributed by atoms with Crippen molar-refractivity contribution in [2.45, 2.75) is 12.5 Å². The third-order valence-electron chi connectivity index (χ3n) is 2.64. The number of hydrogen-bond acceptors (Lipinski definition) is 3. The van der Waals surface area contributed by atoms with Crippen LogP contribution >= 0.6 is 15.9 Å². The van der Waals surface area contributed by atoms with E-state index >= 15 is 0 Å². The monoisotopic (exact) mass is 265 g/mol. The average molecular weight is 266 g/mol. The van der Waals surface area contributed by atoms with Crippen LogP contribution in [0.4, 0.5) is 5.69 Å². The third-order valence-corrected chi connectivity index (χ3v) is 3.14. The second-order valence-corrected chi connectivity index (χ2v) is 4.68. The predicted octanol–water partition coefficient (Wildman–Crippen LogP) is 1.86. The molecule has 3 nitrogen and oxygen atoms in total. The van der Waals surface area contributed by atoms with Gasteiger partial charge in [0.15, 0.2) is 0 Å². The van der Waals surface area contributed by atoms with Crippen LogP contribution in [0.3, 0.4) is 0 Å². The minimum Gasteiger partial charge on any atom is -0.369 e. The van der Waals surface area contributed by atoms with Crippen molar-refractivity contribution in [3.8, 4) is 6.07 Å². The van der Waals surface area contributed by atoms with Crippen molar-refractivity contribution in [2.75, 3.05) is 18.0 Å². The van der Waals surface area contributed by atoms with Crippen molar-refractivity contribution in [2.24, 2.45) is 5.73 Å². The molecular weight excluding hydrogens is 254 g/mol. The van der Waals surface area contributed by atoms with Gasteiger partial charge < -0.3 is 10.6 Å². The average Bonchev–Trinajstić information content (AvgIpc) is 2.64. The second kappa shape index (κ2) is 4.21. The molecular formula is C11H12BrN3. The highest BCUT2D eigenvalue weighted by atomic mass is 79.9. The van der Waals surface area contributed by atoms with Crippen LogP contribution < -0.4 is 10.6 Å². The molecule has 1 saturated heterocycles. The van der Waals surface area contributed by atoms with Gasteiger partial charge in [-0.1, -0.05) is 15.9 Å². The van der Waals surface area contributed by atoms with Crippen molar-refractivity contribution in [3.05, 3.63) is 28.2 Å². The molecule has 1 heterocycles. The molecule has 0 radical (unpaired) electrons. The number of rotatable bonds is 1. The maximum absolute atomic E-state index is 9.04. The summed E-state index contributed by atoms with van der Waals surface area (Å²) in [6.45, 7) is 1.79. The summed E-state index contributed by atoms with van der Waals surface area (Å²) in [7, 11) is 0. The SMILES string of the molecule is N#Cc1cc(Br)ccc1N1CCC(N)C1. The lowest BCUT2D eigenvalue weighted by Crippen LogP contribution is -2.26. The first-order chi connectivity index (χ1) is 7.20. The fraction of sp³-hybridized carbons (Fsp3) is 0.364. The van der Waals surface area contributed by atoms with Crippen molar-refractivity contribution in [3.63, 3.8) is 0 Å². The fourth-order valence-electron chi connectivity index (χ4n) is 1.88. The number of nitriles is 1. The molecule has 2 rings (SSSR count). The number of hydrogen-bond donors (Lipinski definition) is 1. The molecule has 2 N–H and O–H groups in total. The second-order valence-electron chi connectivity index (χ2n) is 3.77. The molecule has 0 saturated carbocycles. The van der Waals surface area contributed by atoms with E-state index < -0.39 is 0 Å². The normalized spacial score (nSPS) is 20.3. The predicted molar refractivity (Wildman–Crippen MR) is 63.7 cm³/mol. The van der Waals surface area contributed by atoms with Crippen LogP contribution in [-0.4, -0.2) is 19.1 Å². The molecule has 0 bridgehead atoms.